The van der Waals surface area contributed by atoms with Gasteiger partial charge in [-0.2, -0.15) is 13.2 Å². The Labute approximate surface area is 106 Å². The lowest BCUT2D eigenvalue weighted by atomic mass is 10.1. The maximum absolute atomic E-state index is 11.8. The van der Waals surface area contributed by atoms with Crippen LogP contribution in [0.15, 0.2) is 0 Å². The second kappa shape index (κ2) is 6.58. The Balaban J connectivity index is 2.21. The summed E-state index contributed by atoms with van der Waals surface area (Å²) in [5.74, 6) is 0.0901. The van der Waals surface area contributed by atoms with Gasteiger partial charge in [-0.05, 0) is 18.8 Å². The number of nitrogens with zero attached hydrogens (tertiary/aromatic N) is 1. The molecule has 0 aliphatic carbocycles. The highest BCUT2D eigenvalue weighted by molar-refractivity contribution is 9.09. The van der Waals surface area contributed by atoms with Gasteiger partial charge >= 0.3 is 6.18 Å². The molecule has 0 aromatic carbocycles. The molecular formula is C10H15BrF3NO2. The van der Waals surface area contributed by atoms with E-state index in [0.717, 1.165) is 18.2 Å². The fourth-order valence-corrected chi connectivity index (χ4v) is 2.44. The van der Waals surface area contributed by atoms with E-state index in [4.69, 9.17) is 0 Å². The molecule has 0 aromatic heterocycles. The Hall–Kier alpha value is -0.300. The van der Waals surface area contributed by atoms with Crippen molar-refractivity contribution in [1.82, 2.24) is 4.90 Å². The van der Waals surface area contributed by atoms with Gasteiger partial charge in [0.1, 0.15) is 13.2 Å². The van der Waals surface area contributed by atoms with Gasteiger partial charge in [-0.3, -0.25) is 4.79 Å². The van der Waals surface area contributed by atoms with Crippen LogP contribution in [0.3, 0.4) is 0 Å². The van der Waals surface area contributed by atoms with Gasteiger partial charge in [-0.25, -0.2) is 0 Å². The Morgan fingerprint density at radius 3 is 2.76 bits per heavy atom. The first-order chi connectivity index (χ1) is 7.92. The summed E-state index contributed by atoms with van der Waals surface area (Å²) in [5.41, 5.74) is 0. The predicted molar refractivity (Wildman–Crippen MR) is 60.0 cm³/mol. The number of ether oxygens (including phenoxy) is 1. The van der Waals surface area contributed by atoms with Crippen LogP contribution in [0.1, 0.15) is 12.8 Å². The first kappa shape index (κ1) is 14.8. The molecule has 1 heterocycles. The van der Waals surface area contributed by atoms with Crippen molar-refractivity contribution < 1.29 is 22.7 Å². The molecule has 1 amide bonds. The zero-order valence-corrected chi connectivity index (χ0v) is 10.9. The van der Waals surface area contributed by atoms with E-state index in [2.05, 4.69) is 20.7 Å². The Kier molecular flexibility index (Phi) is 5.72. The standard InChI is InChI=1S/C10H15BrF3NO2/c11-3-1-8-2-4-15(5-8)9(16)6-17-7-10(12,13)14/h8H,1-7H2. The summed E-state index contributed by atoms with van der Waals surface area (Å²) in [4.78, 5) is 13.1. The van der Waals surface area contributed by atoms with E-state index in [-0.39, 0.29) is 5.91 Å². The van der Waals surface area contributed by atoms with Gasteiger partial charge < -0.3 is 9.64 Å². The summed E-state index contributed by atoms with van der Waals surface area (Å²) in [6.07, 6.45) is -2.48. The van der Waals surface area contributed by atoms with E-state index in [1.165, 1.54) is 0 Å². The number of carbonyl (C=O) groups is 1. The van der Waals surface area contributed by atoms with Gasteiger partial charge in [-0.1, -0.05) is 15.9 Å². The van der Waals surface area contributed by atoms with Crippen LogP contribution < -0.4 is 0 Å². The van der Waals surface area contributed by atoms with Crippen LogP contribution in [0.4, 0.5) is 13.2 Å². The van der Waals surface area contributed by atoms with Crippen LogP contribution in [0.5, 0.6) is 0 Å². The fourth-order valence-electron chi connectivity index (χ4n) is 1.79. The highest BCUT2D eigenvalue weighted by atomic mass is 79.9. The third-order valence-corrected chi connectivity index (χ3v) is 3.11. The number of amides is 1. The summed E-state index contributed by atoms with van der Waals surface area (Å²) in [6, 6.07) is 0. The quantitative estimate of drug-likeness (QED) is 0.728. The van der Waals surface area contributed by atoms with Gasteiger partial charge in [0.25, 0.3) is 0 Å². The number of hydrogen-bond donors (Lipinski definition) is 0. The van der Waals surface area contributed by atoms with Crippen molar-refractivity contribution in [3.63, 3.8) is 0 Å². The van der Waals surface area contributed by atoms with Crippen molar-refractivity contribution in [3.8, 4) is 0 Å². The molecule has 1 unspecified atom stereocenters. The van der Waals surface area contributed by atoms with E-state index in [9.17, 15) is 18.0 Å². The lowest BCUT2D eigenvalue weighted by Crippen LogP contribution is -2.33. The summed E-state index contributed by atoms with van der Waals surface area (Å²) in [7, 11) is 0. The molecule has 100 valence electrons. The van der Waals surface area contributed by atoms with Crippen molar-refractivity contribution in [1.29, 1.82) is 0 Å². The fraction of sp³-hybridized carbons (Fsp3) is 0.900. The molecule has 1 aliphatic rings. The number of likely N-dealkylation sites (tertiary alicyclic amines) is 1. The van der Waals surface area contributed by atoms with Crippen molar-refractivity contribution in [2.75, 3.05) is 31.6 Å². The predicted octanol–water partition coefficient (Wildman–Crippen LogP) is 2.20. The van der Waals surface area contributed by atoms with Crippen molar-refractivity contribution in [2.24, 2.45) is 5.92 Å². The maximum Gasteiger partial charge on any atom is 0.411 e. The first-order valence-corrected chi connectivity index (χ1v) is 6.53. The van der Waals surface area contributed by atoms with Crippen LogP contribution in [-0.2, 0) is 9.53 Å². The third kappa shape index (κ3) is 5.72. The van der Waals surface area contributed by atoms with E-state index >= 15 is 0 Å². The largest absolute Gasteiger partial charge is 0.411 e. The summed E-state index contributed by atoms with van der Waals surface area (Å²) < 4.78 is 39.7. The van der Waals surface area contributed by atoms with Gasteiger partial charge in [0.15, 0.2) is 0 Å². The molecule has 0 radical (unpaired) electrons. The minimum atomic E-state index is -4.37. The van der Waals surface area contributed by atoms with Crippen LogP contribution >= 0.6 is 15.9 Å². The highest BCUT2D eigenvalue weighted by Crippen LogP contribution is 2.20. The Morgan fingerprint density at radius 1 is 1.47 bits per heavy atom. The number of halogens is 4. The second-order valence-electron chi connectivity index (χ2n) is 4.08. The molecule has 1 fully saturated rings. The average molecular weight is 318 g/mol. The summed E-state index contributed by atoms with van der Waals surface area (Å²) in [5, 5.41) is 0.879. The van der Waals surface area contributed by atoms with E-state index in [1.54, 1.807) is 4.90 Å². The monoisotopic (exact) mass is 317 g/mol. The second-order valence-corrected chi connectivity index (χ2v) is 4.87. The van der Waals surface area contributed by atoms with E-state index in [1.807, 2.05) is 0 Å². The number of alkyl halides is 4. The molecule has 3 nitrogen and oxygen atoms in total. The third-order valence-electron chi connectivity index (χ3n) is 2.65. The SMILES string of the molecule is O=C(COCC(F)(F)F)N1CCC(CCBr)C1. The maximum atomic E-state index is 11.8. The first-order valence-electron chi connectivity index (χ1n) is 5.40. The molecule has 0 saturated carbocycles. The topological polar surface area (TPSA) is 29.5 Å². The van der Waals surface area contributed by atoms with Gasteiger partial charge in [0, 0.05) is 18.4 Å². The smallest absolute Gasteiger partial charge is 0.362 e. The van der Waals surface area contributed by atoms with Gasteiger partial charge in [0.2, 0.25) is 5.91 Å². The summed E-state index contributed by atoms with van der Waals surface area (Å²) in [6.45, 7) is -0.607. The van der Waals surface area contributed by atoms with Crippen LogP contribution in [0.2, 0.25) is 0 Å². The number of hydrogen-bond acceptors (Lipinski definition) is 2. The van der Waals surface area contributed by atoms with Gasteiger partial charge in [0.05, 0.1) is 0 Å². The molecule has 1 aliphatic heterocycles. The molecule has 1 rings (SSSR count). The molecule has 0 bridgehead atoms. The highest BCUT2D eigenvalue weighted by Gasteiger charge is 2.29. The molecule has 0 spiro atoms. The Morgan fingerprint density at radius 2 is 2.18 bits per heavy atom. The zero-order valence-electron chi connectivity index (χ0n) is 9.30. The van der Waals surface area contributed by atoms with E-state index in [0.29, 0.717) is 19.0 Å². The lowest BCUT2D eigenvalue weighted by molar-refractivity contribution is -0.177. The normalized spacial score (nSPS) is 20.9. The molecule has 17 heavy (non-hydrogen) atoms. The molecule has 0 aromatic rings. The van der Waals surface area contributed by atoms with Crippen molar-refractivity contribution in [2.45, 2.75) is 19.0 Å². The molecule has 0 N–H and O–H groups in total. The minimum Gasteiger partial charge on any atom is -0.362 e. The molecule has 1 saturated heterocycles. The summed E-state index contributed by atoms with van der Waals surface area (Å²) >= 11 is 3.33. The van der Waals surface area contributed by atoms with Crippen molar-refractivity contribution in [3.05, 3.63) is 0 Å². The molecule has 7 heteroatoms. The number of carbonyl (C=O) groups excluding carboxylic acids is 1. The van der Waals surface area contributed by atoms with Crippen LogP contribution in [0.25, 0.3) is 0 Å². The Bertz CT molecular complexity index is 260. The zero-order chi connectivity index (χ0) is 12.9. The van der Waals surface area contributed by atoms with E-state index < -0.39 is 19.4 Å². The lowest BCUT2D eigenvalue weighted by Gasteiger charge is -2.16. The molecule has 1 atom stereocenters. The minimum absolute atomic E-state index is 0.355. The van der Waals surface area contributed by atoms with Crippen LogP contribution in [0, 0.1) is 5.92 Å². The average Bonchev–Trinajstić information content (AvgIpc) is 2.65. The van der Waals surface area contributed by atoms with Crippen LogP contribution in [-0.4, -0.2) is 48.6 Å². The number of rotatable bonds is 5. The molecular weight excluding hydrogens is 303 g/mol. The van der Waals surface area contributed by atoms with Crippen molar-refractivity contribution >= 4 is 21.8 Å². The van der Waals surface area contributed by atoms with Gasteiger partial charge in [-0.15, -0.1) is 0 Å².